The fourth-order valence-corrected chi connectivity index (χ4v) is 2.53. The minimum absolute atomic E-state index is 0.497. The quantitative estimate of drug-likeness (QED) is 0.881. The summed E-state index contributed by atoms with van der Waals surface area (Å²) in [4.78, 5) is 9.92. The van der Waals surface area contributed by atoms with Crippen LogP contribution in [0, 0.1) is 0 Å². The summed E-state index contributed by atoms with van der Waals surface area (Å²) in [6, 6.07) is 4.40. The number of aromatic nitrogens is 2. The van der Waals surface area contributed by atoms with Crippen LogP contribution in [0.25, 0.3) is 0 Å². The molecule has 0 bridgehead atoms. The molecule has 2 heterocycles. The highest BCUT2D eigenvalue weighted by Crippen LogP contribution is 2.17. The maximum absolute atomic E-state index is 5.05. The molecule has 5 heteroatoms. The molecule has 0 aliphatic rings. The maximum atomic E-state index is 5.05. The average Bonchev–Trinajstić information content (AvgIpc) is 2.85. The molecule has 1 N–H and O–H groups in total. The lowest BCUT2D eigenvalue weighted by Crippen LogP contribution is -2.21. The Labute approximate surface area is 117 Å². The van der Waals surface area contributed by atoms with Crippen LogP contribution in [-0.2, 0) is 13.0 Å². The zero-order valence-corrected chi connectivity index (χ0v) is 12.3. The summed E-state index contributed by atoms with van der Waals surface area (Å²) in [5.41, 5.74) is 1.15. The van der Waals surface area contributed by atoms with Crippen molar-refractivity contribution in [3.63, 3.8) is 0 Å². The monoisotopic (exact) mass is 277 g/mol. The molecular weight excluding hydrogens is 258 g/mol. The summed E-state index contributed by atoms with van der Waals surface area (Å²) in [5.74, 6) is 0.643. The van der Waals surface area contributed by atoms with E-state index in [1.807, 2.05) is 24.5 Å². The first kappa shape index (κ1) is 14.0. The zero-order chi connectivity index (χ0) is 13.7. The summed E-state index contributed by atoms with van der Waals surface area (Å²) in [6.45, 7) is 5.17. The van der Waals surface area contributed by atoms with E-state index < -0.39 is 0 Å². The fraction of sp³-hybridized carbons (Fsp3) is 0.429. The van der Waals surface area contributed by atoms with Gasteiger partial charge in [-0.1, -0.05) is 19.9 Å². The molecule has 0 fully saturated rings. The van der Waals surface area contributed by atoms with E-state index in [-0.39, 0.29) is 0 Å². The molecular formula is C14H19N3OS. The summed E-state index contributed by atoms with van der Waals surface area (Å²) < 4.78 is 5.05. The molecule has 2 aromatic rings. The third kappa shape index (κ3) is 4.29. The standard InChI is InChI=1S/C14H19N3OS/c1-10(2)15-8-12-9-17-14(19-12)6-11-4-5-13(18-3)16-7-11/h4-5,7,9-10,15H,6,8H2,1-3H3. The summed E-state index contributed by atoms with van der Waals surface area (Å²) in [6.07, 6.45) is 4.61. The van der Waals surface area contributed by atoms with E-state index in [9.17, 15) is 0 Å². The number of nitrogens with one attached hydrogen (secondary N) is 1. The predicted octanol–water partition coefficient (Wildman–Crippen LogP) is 2.64. The molecule has 0 aliphatic heterocycles. The van der Waals surface area contributed by atoms with Crippen LogP contribution in [0.1, 0.15) is 29.3 Å². The first-order valence-electron chi connectivity index (χ1n) is 6.33. The van der Waals surface area contributed by atoms with Gasteiger partial charge in [0.2, 0.25) is 5.88 Å². The van der Waals surface area contributed by atoms with E-state index in [0.717, 1.165) is 23.5 Å². The summed E-state index contributed by atoms with van der Waals surface area (Å²) in [5, 5.41) is 4.51. The molecule has 19 heavy (non-hydrogen) atoms. The van der Waals surface area contributed by atoms with Gasteiger partial charge in [-0.3, -0.25) is 0 Å². The maximum Gasteiger partial charge on any atom is 0.212 e. The van der Waals surface area contributed by atoms with Crippen molar-refractivity contribution in [2.24, 2.45) is 0 Å². The SMILES string of the molecule is COc1ccc(Cc2ncc(CNC(C)C)s2)cn1. The van der Waals surface area contributed by atoms with Gasteiger partial charge in [0, 0.05) is 42.3 Å². The number of nitrogens with zero attached hydrogens (tertiary/aromatic N) is 2. The number of ether oxygens (including phenoxy) is 1. The van der Waals surface area contributed by atoms with Gasteiger partial charge in [0.05, 0.1) is 12.1 Å². The van der Waals surface area contributed by atoms with Crippen molar-refractivity contribution in [1.29, 1.82) is 0 Å². The lowest BCUT2D eigenvalue weighted by molar-refractivity contribution is 0.397. The molecule has 0 spiro atoms. The van der Waals surface area contributed by atoms with Crippen LogP contribution in [0.3, 0.4) is 0 Å². The van der Waals surface area contributed by atoms with Gasteiger partial charge >= 0.3 is 0 Å². The van der Waals surface area contributed by atoms with Gasteiger partial charge in [-0.2, -0.15) is 0 Å². The molecule has 0 saturated carbocycles. The number of pyridine rings is 1. The van der Waals surface area contributed by atoms with E-state index in [1.54, 1.807) is 18.4 Å². The van der Waals surface area contributed by atoms with Crippen molar-refractivity contribution in [3.8, 4) is 5.88 Å². The van der Waals surface area contributed by atoms with Crippen LogP contribution < -0.4 is 10.1 Å². The van der Waals surface area contributed by atoms with Crippen molar-refractivity contribution in [2.45, 2.75) is 32.9 Å². The van der Waals surface area contributed by atoms with Crippen LogP contribution in [-0.4, -0.2) is 23.1 Å². The molecule has 0 saturated heterocycles. The van der Waals surface area contributed by atoms with Crippen LogP contribution in [0.2, 0.25) is 0 Å². The number of methoxy groups -OCH3 is 1. The minimum Gasteiger partial charge on any atom is -0.481 e. The third-order valence-electron chi connectivity index (χ3n) is 2.65. The van der Waals surface area contributed by atoms with E-state index in [2.05, 4.69) is 29.1 Å². The van der Waals surface area contributed by atoms with Gasteiger partial charge in [0.1, 0.15) is 0 Å². The third-order valence-corrected chi connectivity index (χ3v) is 3.65. The van der Waals surface area contributed by atoms with Crippen LogP contribution in [0.4, 0.5) is 0 Å². The van der Waals surface area contributed by atoms with Gasteiger partial charge in [-0.15, -0.1) is 11.3 Å². The molecule has 0 aromatic carbocycles. The van der Waals surface area contributed by atoms with E-state index in [4.69, 9.17) is 4.74 Å². The van der Waals surface area contributed by atoms with Gasteiger partial charge in [0.25, 0.3) is 0 Å². The molecule has 0 radical (unpaired) electrons. The second-order valence-corrected chi connectivity index (χ2v) is 5.84. The van der Waals surface area contributed by atoms with Crippen LogP contribution in [0.15, 0.2) is 24.5 Å². The number of hydrogen-bond donors (Lipinski definition) is 1. The minimum atomic E-state index is 0.497. The van der Waals surface area contributed by atoms with Gasteiger partial charge in [-0.05, 0) is 5.56 Å². The lowest BCUT2D eigenvalue weighted by atomic mass is 10.2. The molecule has 102 valence electrons. The van der Waals surface area contributed by atoms with Gasteiger partial charge < -0.3 is 10.1 Å². The van der Waals surface area contributed by atoms with Crippen molar-refractivity contribution in [2.75, 3.05) is 7.11 Å². The van der Waals surface area contributed by atoms with Crippen LogP contribution >= 0.6 is 11.3 Å². The largest absolute Gasteiger partial charge is 0.481 e. The smallest absolute Gasteiger partial charge is 0.212 e. The molecule has 0 unspecified atom stereocenters. The Morgan fingerprint density at radius 3 is 2.74 bits per heavy atom. The lowest BCUT2D eigenvalue weighted by Gasteiger charge is -2.04. The van der Waals surface area contributed by atoms with Crippen LogP contribution in [0.5, 0.6) is 5.88 Å². The zero-order valence-electron chi connectivity index (χ0n) is 11.5. The van der Waals surface area contributed by atoms with E-state index >= 15 is 0 Å². The highest BCUT2D eigenvalue weighted by Gasteiger charge is 2.04. The van der Waals surface area contributed by atoms with E-state index in [1.165, 1.54) is 4.88 Å². The Hall–Kier alpha value is -1.46. The Balaban J connectivity index is 1.95. The Morgan fingerprint density at radius 2 is 2.11 bits per heavy atom. The van der Waals surface area contributed by atoms with E-state index in [0.29, 0.717) is 11.9 Å². The molecule has 0 amide bonds. The topological polar surface area (TPSA) is 47.0 Å². The first-order valence-corrected chi connectivity index (χ1v) is 7.15. The Kier molecular flexibility index (Phi) is 4.87. The predicted molar refractivity (Wildman–Crippen MR) is 77.7 cm³/mol. The highest BCUT2D eigenvalue weighted by atomic mass is 32.1. The van der Waals surface area contributed by atoms with Crippen molar-refractivity contribution < 1.29 is 4.74 Å². The molecule has 0 atom stereocenters. The van der Waals surface area contributed by atoms with Gasteiger partial charge in [0.15, 0.2) is 0 Å². The fourth-order valence-electron chi connectivity index (χ4n) is 1.63. The summed E-state index contributed by atoms with van der Waals surface area (Å²) in [7, 11) is 1.62. The Morgan fingerprint density at radius 1 is 1.26 bits per heavy atom. The Bertz CT molecular complexity index is 508. The summed E-state index contributed by atoms with van der Waals surface area (Å²) >= 11 is 1.75. The van der Waals surface area contributed by atoms with Crippen molar-refractivity contribution in [1.82, 2.24) is 15.3 Å². The number of thiazole rings is 1. The molecule has 2 rings (SSSR count). The second-order valence-electron chi connectivity index (χ2n) is 4.64. The molecule has 4 nitrogen and oxygen atoms in total. The van der Waals surface area contributed by atoms with Gasteiger partial charge in [-0.25, -0.2) is 9.97 Å². The normalized spacial score (nSPS) is 10.9. The first-order chi connectivity index (χ1) is 9.17. The molecule has 2 aromatic heterocycles. The molecule has 0 aliphatic carbocycles. The number of hydrogen-bond acceptors (Lipinski definition) is 5. The second kappa shape index (κ2) is 6.63. The average molecular weight is 277 g/mol. The van der Waals surface area contributed by atoms with Crippen molar-refractivity contribution >= 4 is 11.3 Å². The van der Waals surface area contributed by atoms with Crippen molar-refractivity contribution in [3.05, 3.63) is 40.0 Å². The number of rotatable bonds is 6. The highest BCUT2D eigenvalue weighted by molar-refractivity contribution is 7.11.